The molecule has 2 unspecified atom stereocenters. The Morgan fingerprint density at radius 2 is 2.22 bits per heavy atom. The van der Waals surface area contributed by atoms with Crippen LogP contribution in [0.25, 0.3) is 0 Å². The molecule has 0 aromatic carbocycles. The van der Waals surface area contributed by atoms with Gasteiger partial charge in [-0.05, 0) is 47.5 Å². The van der Waals surface area contributed by atoms with Crippen molar-refractivity contribution in [1.82, 2.24) is 15.0 Å². The highest BCUT2D eigenvalue weighted by Gasteiger charge is 2.37. The van der Waals surface area contributed by atoms with E-state index in [1.807, 2.05) is 7.05 Å². The molecule has 1 aliphatic carbocycles. The highest BCUT2D eigenvalue weighted by atomic mass is 79.9. The fourth-order valence-electron chi connectivity index (χ4n) is 3.15. The highest BCUT2D eigenvalue weighted by molar-refractivity contribution is 9.10. The number of rotatable bonds is 3. The van der Waals surface area contributed by atoms with Gasteiger partial charge >= 0.3 is 0 Å². The number of hydrogen-bond acceptors (Lipinski definition) is 3. The summed E-state index contributed by atoms with van der Waals surface area (Å²) in [5.41, 5.74) is 0.0687. The van der Waals surface area contributed by atoms with Crippen LogP contribution in [0.1, 0.15) is 57.6 Å². The minimum atomic E-state index is -0.764. The topological polar surface area (TPSA) is 50.9 Å². The van der Waals surface area contributed by atoms with E-state index in [9.17, 15) is 5.11 Å². The summed E-state index contributed by atoms with van der Waals surface area (Å²) in [5, 5.41) is 18.9. The lowest BCUT2D eigenvalue weighted by atomic mass is 9.90. The van der Waals surface area contributed by atoms with Crippen molar-refractivity contribution >= 4 is 15.9 Å². The van der Waals surface area contributed by atoms with Gasteiger partial charge in [0.25, 0.3) is 0 Å². The minimum absolute atomic E-state index is 0.682. The Kier molecular flexibility index (Phi) is 4.43. The Labute approximate surface area is 117 Å². The van der Waals surface area contributed by atoms with Crippen molar-refractivity contribution in [3.63, 3.8) is 0 Å². The van der Waals surface area contributed by atoms with Crippen LogP contribution in [-0.2, 0) is 12.6 Å². The van der Waals surface area contributed by atoms with Crippen LogP contribution in [0, 0.1) is 5.92 Å². The lowest BCUT2D eigenvalue weighted by Gasteiger charge is -2.26. The van der Waals surface area contributed by atoms with Crippen LogP contribution in [0.4, 0.5) is 0 Å². The third-order valence-electron chi connectivity index (χ3n) is 4.09. The molecule has 1 aliphatic rings. The zero-order chi connectivity index (χ0) is 13.2. The molecule has 0 saturated heterocycles. The third-order valence-corrected chi connectivity index (χ3v) is 4.63. The van der Waals surface area contributed by atoms with Gasteiger partial charge in [-0.3, -0.25) is 0 Å². The largest absolute Gasteiger partial charge is 0.383 e. The maximum absolute atomic E-state index is 10.9. The summed E-state index contributed by atoms with van der Waals surface area (Å²) < 4.78 is 2.38. The molecule has 2 rings (SSSR count). The van der Waals surface area contributed by atoms with Gasteiger partial charge in [-0.15, -0.1) is 5.10 Å². The van der Waals surface area contributed by atoms with Crippen molar-refractivity contribution in [2.75, 3.05) is 0 Å². The van der Waals surface area contributed by atoms with Gasteiger partial charge in [0.1, 0.15) is 11.3 Å². The SMILES string of the molecule is CCCC1CCCC(O)(c2c(Br)nnn2C)CC1. The molecule has 0 bridgehead atoms. The number of halogens is 1. The summed E-state index contributed by atoms with van der Waals surface area (Å²) in [5.74, 6) is 0.768. The third kappa shape index (κ3) is 2.77. The van der Waals surface area contributed by atoms with Gasteiger partial charge in [-0.2, -0.15) is 0 Å². The molecule has 2 atom stereocenters. The van der Waals surface area contributed by atoms with Crippen LogP contribution >= 0.6 is 15.9 Å². The monoisotopic (exact) mass is 315 g/mol. The number of nitrogens with zero attached hydrogens (tertiary/aromatic N) is 3. The van der Waals surface area contributed by atoms with E-state index < -0.39 is 5.60 Å². The number of aryl methyl sites for hydroxylation is 1. The second-order valence-electron chi connectivity index (χ2n) is 5.47. The first-order valence-electron chi connectivity index (χ1n) is 6.85. The molecule has 1 N–H and O–H groups in total. The van der Waals surface area contributed by atoms with E-state index in [0.29, 0.717) is 4.60 Å². The first kappa shape index (κ1) is 14.0. The molecule has 1 heterocycles. The van der Waals surface area contributed by atoms with Gasteiger partial charge in [-0.25, -0.2) is 4.68 Å². The Morgan fingerprint density at radius 3 is 2.83 bits per heavy atom. The molecule has 18 heavy (non-hydrogen) atoms. The molecular formula is C13H22BrN3O. The van der Waals surface area contributed by atoms with E-state index in [2.05, 4.69) is 33.2 Å². The summed E-state index contributed by atoms with van der Waals surface area (Å²) in [6.07, 6.45) is 7.56. The number of hydrogen-bond donors (Lipinski definition) is 1. The maximum Gasteiger partial charge on any atom is 0.154 e. The average molecular weight is 316 g/mol. The fraction of sp³-hybridized carbons (Fsp3) is 0.846. The molecule has 102 valence electrons. The summed E-state index contributed by atoms with van der Waals surface area (Å²) in [6, 6.07) is 0. The summed E-state index contributed by atoms with van der Waals surface area (Å²) in [6.45, 7) is 2.23. The number of aliphatic hydroxyl groups is 1. The van der Waals surface area contributed by atoms with Crippen molar-refractivity contribution in [3.05, 3.63) is 10.3 Å². The maximum atomic E-state index is 10.9. The molecule has 0 amide bonds. The average Bonchev–Trinajstić information content (AvgIpc) is 2.55. The van der Waals surface area contributed by atoms with E-state index in [4.69, 9.17) is 0 Å². The molecule has 5 heteroatoms. The van der Waals surface area contributed by atoms with Crippen LogP contribution in [0.3, 0.4) is 0 Å². The Bertz CT molecular complexity index is 387. The van der Waals surface area contributed by atoms with Crippen molar-refractivity contribution in [2.45, 2.75) is 57.5 Å². The van der Waals surface area contributed by atoms with Gasteiger partial charge in [0.2, 0.25) is 0 Å². The predicted octanol–water partition coefficient (Wildman–Crippen LogP) is 3.15. The first-order valence-corrected chi connectivity index (χ1v) is 7.64. The predicted molar refractivity (Wildman–Crippen MR) is 74.1 cm³/mol. The normalized spacial score (nSPS) is 29.2. The van der Waals surface area contributed by atoms with E-state index >= 15 is 0 Å². The molecule has 1 saturated carbocycles. The van der Waals surface area contributed by atoms with Crippen LogP contribution < -0.4 is 0 Å². The van der Waals surface area contributed by atoms with Crippen molar-refractivity contribution < 1.29 is 5.11 Å². The molecular weight excluding hydrogens is 294 g/mol. The van der Waals surface area contributed by atoms with E-state index in [1.165, 1.54) is 19.3 Å². The quantitative estimate of drug-likeness (QED) is 0.872. The Morgan fingerprint density at radius 1 is 1.44 bits per heavy atom. The van der Waals surface area contributed by atoms with Crippen LogP contribution in [0.5, 0.6) is 0 Å². The smallest absolute Gasteiger partial charge is 0.154 e. The van der Waals surface area contributed by atoms with Crippen LogP contribution in [0.2, 0.25) is 0 Å². The second-order valence-corrected chi connectivity index (χ2v) is 6.22. The minimum Gasteiger partial charge on any atom is -0.383 e. The van der Waals surface area contributed by atoms with E-state index in [-0.39, 0.29) is 0 Å². The zero-order valence-electron chi connectivity index (χ0n) is 11.2. The van der Waals surface area contributed by atoms with Gasteiger partial charge in [0.05, 0.1) is 0 Å². The standard InChI is InChI=1S/C13H22BrN3O/c1-3-5-10-6-4-8-13(18,9-7-10)11-12(14)15-16-17(11)2/h10,18H,3-9H2,1-2H3. The zero-order valence-corrected chi connectivity index (χ0v) is 12.8. The lowest BCUT2D eigenvalue weighted by Crippen LogP contribution is -2.28. The number of aromatic nitrogens is 3. The van der Waals surface area contributed by atoms with Gasteiger partial charge in [-0.1, -0.05) is 31.4 Å². The molecule has 1 aromatic rings. The summed E-state index contributed by atoms with van der Waals surface area (Å²) >= 11 is 3.40. The fourth-order valence-corrected chi connectivity index (χ4v) is 3.85. The molecule has 1 fully saturated rings. The molecule has 0 spiro atoms. The van der Waals surface area contributed by atoms with Crippen molar-refractivity contribution in [1.29, 1.82) is 0 Å². The van der Waals surface area contributed by atoms with Gasteiger partial charge in [0, 0.05) is 7.05 Å². The Hall–Kier alpha value is -0.420. The van der Waals surface area contributed by atoms with E-state index in [1.54, 1.807) is 4.68 Å². The van der Waals surface area contributed by atoms with Crippen LogP contribution in [0.15, 0.2) is 4.60 Å². The highest BCUT2D eigenvalue weighted by Crippen LogP contribution is 2.40. The van der Waals surface area contributed by atoms with Crippen molar-refractivity contribution in [3.8, 4) is 0 Å². The summed E-state index contributed by atoms with van der Waals surface area (Å²) in [4.78, 5) is 0. The molecule has 0 aliphatic heterocycles. The lowest BCUT2D eigenvalue weighted by molar-refractivity contribution is 0.0109. The second kappa shape index (κ2) is 5.70. The van der Waals surface area contributed by atoms with E-state index in [0.717, 1.165) is 37.3 Å². The molecule has 0 radical (unpaired) electrons. The van der Waals surface area contributed by atoms with Gasteiger partial charge < -0.3 is 5.11 Å². The summed E-state index contributed by atoms with van der Waals surface area (Å²) in [7, 11) is 1.85. The van der Waals surface area contributed by atoms with Gasteiger partial charge in [0.15, 0.2) is 4.60 Å². The van der Waals surface area contributed by atoms with Crippen LogP contribution in [-0.4, -0.2) is 20.1 Å². The first-order chi connectivity index (χ1) is 8.57. The van der Waals surface area contributed by atoms with Crippen molar-refractivity contribution in [2.24, 2.45) is 13.0 Å². The Balaban J connectivity index is 2.17. The molecule has 1 aromatic heterocycles. The molecule has 4 nitrogen and oxygen atoms in total.